The molecule has 0 saturated heterocycles. The smallest absolute Gasteiger partial charge is 0.306 e. The van der Waals surface area contributed by atoms with E-state index >= 15 is 0 Å². The number of aliphatic hydroxyl groups is 1. The molecule has 0 aromatic heterocycles. The predicted molar refractivity (Wildman–Crippen MR) is 127 cm³/mol. The number of carbonyl (C=O) groups excluding carboxylic acids is 2. The molecule has 0 aliphatic heterocycles. The lowest BCUT2D eigenvalue weighted by Crippen LogP contribution is -2.64. The highest BCUT2D eigenvalue weighted by molar-refractivity contribution is 5.70. The molecule has 0 aromatic carbocycles. The van der Waals surface area contributed by atoms with Crippen molar-refractivity contribution in [2.45, 2.75) is 117 Å². The summed E-state index contributed by atoms with van der Waals surface area (Å²) in [5.74, 6) is 1.21. The minimum Gasteiger partial charge on any atom is -0.463 e. The second-order valence-corrected chi connectivity index (χ2v) is 13.0. The summed E-state index contributed by atoms with van der Waals surface area (Å²) in [5.41, 5.74) is -0.498. The van der Waals surface area contributed by atoms with Gasteiger partial charge in [0, 0.05) is 18.8 Å². The largest absolute Gasteiger partial charge is 0.463 e. The standard InChI is InChI=1S/C28H46O5/c1-7-18(2)14-24(30)33-23-11-12-26(6)22(25(23,4)5)9-8-20-16-28(31,17-32-19(3)29)21-10-13-27(20,26)15-21/h18,20-23,31H,7-17H2,1-6H3/t18-,20-,21-,22+,23+,26+,27-,28-/m0/s1. The van der Waals surface area contributed by atoms with Crippen LogP contribution in [0.1, 0.15) is 106 Å². The minimum absolute atomic E-state index is 0.0122. The van der Waals surface area contributed by atoms with Crippen LogP contribution in [0.2, 0.25) is 0 Å². The maximum Gasteiger partial charge on any atom is 0.306 e. The number of carbonyl (C=O) groups is 2. The first-order valence-corrected chi connectivity index (χ1v) is 13.4. The van der Waals surface area contributed by atoms with Crippen LogP contribution in [0.25, 0.3) is 0 Å². The van der Waals surface area contributed by atoms with Gasteiger partial charge in [-0.25, -0.2) is 0 Å². The molecule has 8 atom stereocenters. The normalized spacial score (nSPS) is 44.3. The fraction of sp³-hybridized carbons (Fsp3) is 0.929. The van der Waals surface area contributed by atoms with Gasteiger partial charge in [-0.3, -0.25) is 9.59 Å². The number of esters is 2. The summed E-state index contributed by atoms with van der Waals surface area (Å²) in [6.45, 7) is 13.0. The Hall–Kier alpha value is -1.10. The Labute approximate surface area is 200 Å². The monoisotopic (exact) mass is 462 g/mol. The van der Waals surface area contributed by atoms with Crippen LogP contribution in [0.3, 0.4) is 0 Å². The van der Waals surface area contributed by atoms with Gasteiger partial charge in [-0.1, -0.05) is 41.0 Å². The maximum absolute atomic E-state index is 12.7. The highest BCUT2D eigenvalue weighted by Crippen LogP contribution is 2.75. The van der Waals surface area contributed by atoms with Crippen LogP contribution in [-0.4, -0.2) is 35.4 Å². The lowest BCUT2D eigenvalue weighted by Gasteiger charge is -2.68. The van der Waals surface area contributed by atoms with E-state index < -0.39 is 5.60 Å². The zero-order valence-corrected chi connectivity index (χ0v) is 21.7. The van der Waals surface area contributed by atoms with E-state index in [0.29, 0.717) is 24.2 Å². The van der Waals surface area contributed by atoms with Gasteiger partial charge in [0.05, 0.1) is 0 Å². The van der Waals surface area contributed by atoms with Crippen LogP contribution < -0.4 is 0 Å². The van der Waals surface area contributed by atoms with Crippen LogP contribution >= 0.6 is 0 Å². The van der Waals surface area contributed by atoms with Crippen molar-refractivity contribution < 1.29 is 24.2 Å². The van der Waals surface area contributed by atoms with E-state index in [1.54, 1.807) is 0 Å². The van der Waals surface area contributed by atoms with Gasteiger partial charge in [0.15, 0.2) is 0 Å². The Morgan fingerprint density at radius 2 is 1.76 bits per heavy atom. The van der Waals surface area contributed by atoms with Crippen molar-refractivity contribution in [2.75, 3.05) is 6.61 Å². The molecule has 5 nitrogen and oxygen atoms in total. The van der Waals surface area contributed by atoms with Gasteiger partial charge in [-0.15, -0.1) is 0 Å². The van der Waals surface area contributed by atoms with Gasteiger partial charge in [0.1, 0.15) is 18.3 Å². The molecule has 4 saturated carbocycles. The predicted octanol–water partition coefficient (Wildman–Crippen LogP) is 5.67. The van der Waals surface area contributed by atoms with Gasteiger partial charge in [0.25, 0.3) is 0 Å². The maximum atomic E-state index is 12.7. The molecule has 5 heteroatoms. The third kappa shape index (κ3) is 3.94. The topological polar surface area (TPSA) is 72.8 Å². The van der Waals surface area contributed by atoms with Gasteiger partial charge < -0.3 is 14.6 Å². The van der Waals surface area contributed by atoms with Crippen molar-refractivity contribution in [2.24, 2.45) is 39.9 Å². The summed E-state index contributed by atoms with van der Waals surface area (Å²) < 4.78 is 11.5. The molecule has 4 rings (SSSR count). The second-order valence-electron chi connectivity index (χ2n) is 13.0. The molecule has 0 radical (unpaired) electrons. The van der Waals surface area contributed by atoms with E-state index in [2.05, 4.69) is 34.6 Å². The van der Waals surface area contributed by atoms with Gasteiger partial charge in [-0.2, -0.15) is 0 Å². The quantitative estimate of drug-likeness (QED) is 0.515. The van der Waals surface area contributed by atoms with E-state index in [9.17, 15) is 14.7 Å². The van der Waals surface area contributed by atoms with Crippen LogP contribution in [0.4, 0.5) is 0 Å². The fourth-order valence-corrected chi connectivity index (χ4v) is 8.98. The van der Waals surface area contributed by atoms with Crippen molar-refractivity contribution in [1.29, 1.82) is 0 Å². The Balaban J connectivity index is 1.54. The molecule has 1 N–H and O–H groups in total. The first kappa shape index (κ1) is 25.0. The van der Waals surface area contributed by atoms with Gasteiger partial charge in [0.2, 0.25) is 0 Å². The lowest BCUT2D eigenvalue weighted by molar-refractivity contribution is -0.229. The van der Waals surface area contributed by atoms with Crippen molar-refractivity contribution in [1.82, 2.24) is 0 Å². The average molecular weight is 463 g/mol. The summed E-state index contributed by atoms with van der Waals surface area (Å²) in [5, 5.41) is 11.5. The Bertz CT molecular complexity index is 776. The number of hydrogen-bond donors (Lipinski definition) is 1. The highest BCUT2D eigenvalue weighted by atomic mass is 16.5. The molecule has 4 aliphatic carbocycles. The second kappa shape index (κ2) is 8.53. The van der Waals surface area contributed by atoms with E-state index in [4.69, 9.17) is 9.47 Å². The van der Waals surface area contributed by atoms with E-state index in [-0.39, 0.29) is 46.8 Å². The molecule has 0 unspecified atom stereocenters. The summed E-state index contributed by atoms with van der Waals surface area (Å²) in [6, 6.07) is 0. The first-order chi connectivity index (χ1) is 15.4. The molecule has 1 spiro atoms. The van der Waals surface area contributed by atoms with Crippen molar-refractivity contribution in [3.8, 4) is 0 Å². The number of ether oxygens (including phenoxy) is 2. The molecule has 0 amide bonds. The Morgan fingerprint density at radius 3 is 2.42 bits per heavy atom. The average Bonchev–Trinajstić information content (AvgIpc) is 3.15. The van der Waals surface area contributed by atoms with Crippen LogP contribution in [-0.2, 0) is 19.1 Å². The molecular weight excluding hydrogens is 416 g/mol. The SMILES string of the molecule is CC[C@H](C)CC(=O)O[C@@H]1CC[C@]2(C)[C@H](CC[C@H]3C[C@](O)(COC(C)=O)[C@H]4CC[C@]32C4)C1(C)C. The molecule has 33 heavy (non-hydrogen) atoms. The molecule has 4 fully saturated rings. The summed E-state index contributed by atoms with van der Waals surface area (Å²) in [7, 11) is 0. The lowest BCUT2D eigenvalue weighted by atomic mass is 9.38. The zero-order chi connectivity index (χ0) is 24.2. The fourth-order valence-electron chi connectivity index (χ4n) is 8.98. The molecule has 0 aromatic rings. The van der Waals surface area contributed by atoms with Crippen molar-refractivity contribution >= 4 is 11.9 Å². The molecule has 4 aliphatic rings. The summed E-state index contributed by atoms with van der Waals surface area (Å²) in [4.78, 5) is 24.1. The Morgan fingerprint density at radius 1 is 1.03 bits per heavy atom. The third-order valence-electron chi connectivity index (χ3n) is 11.1. The first-order valence-electron chi connectivity index (χ1n) is 13.4. The van der Waals surface area contributed by atoms with E-state index in [0.717, 1.165) is 57.8 Å². The minimum atomic E-state index is -0.877. The number of rotatable bonds is 6. The van der Waals surface area contributed by atoms with E-state index in [1.165, 1.54) is 6.92 Å². The highest BCUT2D eigenvalue weighted by Gasteiger charge is 2.70. The Kier molecular flexibility index (Phi) is 6.47. The summed E-state index contributed by atoms with van der Waals surface area (Å²) in [6.07, 6.45) is 9.71. The van der Waals surface area contributed by atoms with Gasteiger partial charge in [-0.05, 0) is 85.9 Å². The summed E-state index contributed by atoms with van der Waals surface area (Å²) >= 11 is 0. The van der Waals surface area contributed by atoms with Crippen LogP contribution in [0.5, 0.6) is 0 Å². The number of hydrogen-bond acceptors (Lipinski definition) is 5. The van der Waals surface area contributed by atoms with Gasteiger partial charge >= 0.3 is 11.9 Å². The third-order valence-corrected chi connectivity index (χ3v) is 11.1. The molecule has 188 valence electrons. The van der Waals surface area contributed by atoms with E-state index in [1.807, 2.05) is 0 Å². The van der Waals surface area contributed by atoms with Crippen LogP contribution in [0, 0.1) is 39.9 Å². The van der Waals surface area contributed by atoms with Crippen LogP contribution in [0.15, 0.2) is 0 Å². The van der Waals surface area contributed by atoms with Crippen molar-refractivity contribution in [3.05, 3.63) is 0 Å². The molecule has 0 heterocycles. The molecule has 2 bridgehead atoms. The van der Waals surface area contributed by atoms with Crippen molar-refractivity contribution in [3.63, 3.8) is 0 Å². The zero-order valence-electron chi connectivity index (χ0n) is 21.7. The molecular formula is C28H46O5. The number of fused-ring (bicyclic) bond motifs is 2.